The molecule has 1 aliphatic heterocycles. The van der Waals surface area contributed by atoms with Crippen LogP contribution < -0.4 is 5.32 Å². The second-order valence-corrected chi connectivity index (χ2v) is 8.08. The number of carbonyl (C=O) groups excluding carboxylic acids is 3. The molecule has 29 heavy (non-hydrogen) atoms. The van der Waals surface area contributed by atoms with Crippen LogP contribution in [0.4, 0.5) is 5.82 Å². The van der Waals surface area contributed by atoms with E-state index in [1.165, 1.54) is 36.8 Å². The van der Waals surface area contributed by atoms with E-state index >= 15 is 0 Å². The number of nitrogens with one attached hydrogen (secondary N) is 1. The van der Waals surface area contributed by atoms with Gasteiger partial charge in [-0.1, -0.05) is 0 Å². The van der Waals surface area contributed by atoms with Crippen molar-refractivity contribution in [2.75, 3.05) is 11.1 Å². The van der Waals surface area contributed by atoms with E-state index in [0.717, 1.165) is 0 Å². The summed E-state index contributed by atoms with van der Waals surface area (Å²) < 4.78 is 12.4. The zero-order chi connectivity index (χ0) is 21.1. The Morgan fingerprint density at radius 1 is 1.31 bits per heavy atom. The van der Waals surface area contributed by atoms with Gasteiger partial charge in [-0.15, -0.1) is 11.8 Å². The van der Waals surface area contributed by atoms with E-state index in [1.807, 2.05) is 13.8 Å². The molecule has 2 amide bonds. The van der Waals surface area contributed by atoms with Crippen molar-refractivity contribution in [3.63, 3.8) is 0 Å². The first-order chi connectivity index (χ1) is 13.8. The summed E-state index contributed by atoms with van der Waals surface area (Å²) in [7, 11) is 0. The van der Waals surface area contributed by atoms with Gasteiger partial charge < -0.3 is 19.4 Å². The van der Waals surface area contributed by atoms with Crippen molar-refractivity contribution in [3.05, 3.63) is 36.4 Å². The Morgan fingerprint density at radius 3 is 2.69 bits per heavy atom. The van der Waals surface area contributed by atoms with Crippen molar-refractivity contribution < 1.29 is 23.5 Å². The van der Waals surface area contributed by atoms with E-state index < -0.39 is 29.4 Å². The fourth-order valence-corrected chi connectivity index (χ4v) is 4.50. The molecular weight excluding hydrogens is 396 g/mol. The molecule has 10 heteroatoms. The summed E-state index contributed by atoms with van der Waals surface area (Å²) in [5.74, 6) is 0.111. The molecule has 156 valence electrons. The SMILES string of the molecule is CC(=O)N1[C@@H](C(=O)O[C@H](C)C(=O)Nc2ccnn2C(C)C)CS[C@@H]1c1ccco1. The van der Waals surface area contributed by atoms with Crippen molar-refractivity contribution in [2.24, 2.45) is 0 Å². The van der Waals surface area contributed by atoms with E-state index in [2.05, 4.69) is 10.4 Å². The third-order valence-electron chi connectivity index (χ3n) is 4.50. The Morgan fingerprint density at radius 2 is 2.07 bits per heavy atom. The number of aromatic nitrogens is 2. The molecule has 9 nitrogen and oxygen atoms in total. The van der Waals surface area contributed by atoms with Gasteiger partial charge in [0.05, 0.1) is 12.5 Å². The normalized spacial score (nSPS) is 20.0. The van der Waals surface area contributed by atoms with Crippen LogP contribution in [0.25, 0.3) is 0 Å². The predicted molar refractivity (Wildman–Crippen MR) is 107 cm³/mol. The maximum absolute atomic E-state index is 12.7. The number of esters is 1. The van der Waals surface area contributed by atoms with Crippen LogP contribution >= 0.6 is 11.8 Å². The highest BCUT2D eigenvalue weighted by atomic mass is 32.2. The highest BCUT2D eigenvalue weighted by molar-refractivity contribution is 7.99. The van der Waals surface area contributed by atoms with Gasteiger partial charge >= 0.3 is 5.97 Å². The van der Waals surface area contributed by atoms with Crippen molar-refractivity contribution in [2.45, 2.75) is 51.3 Å². The minimum absolute atomic E-state index is 0.0660. The zero-order valence-electron chi connectivity index (χ0n) is 16.7. The fraction of sp³-hybridized carbons (Fsp3) is 0.474. The molecular formula is C19H24N4O5S. The molecule has 0 unspecified atom stereocenters. The van der Waals surface area contributed by atoms with Crippen LogP contribution in [0, 0.1) is 0 Å². The lowest BCUT2D eigenvalue weighted by atomic mass is 10.2. The van der Waals surface area contributed by atoms with Gasteiger partial charge in [0.15, 0.2) is 6.10 Å². The molecule has 0 bridgehead atoms. The van der Waals surface area contributed by atoms with Crippen LogP contribution in [-0.4, -0.2) is 50.4 Å². The topological polar surface area (TPSA) is 107 Å². The quantitative estimate of drug-likeness (QED) is 0.716. The molecule has 0 radical (unpaired) electrons. The molecule has 1 saturated heterocycles. The molecule has 2 aromatic rings. The number of anilines is 1. The van der Waals surface area contributed by atoms with E-state index in [1.54, 1.807) is 29.1 Å². The maximum atomic E-state index is 12.7. The summed E-state index contributed by atoms with van der Waals surface area (Å²) in [5.41, 5.74) is 0. The lowest BCUT2D eigenvalue weighted by molar-refractivity contribution is -0.160. The highest BCUT2D eigenvalue weighted by Gasteiger charge is 2.43. The monoisotopic (exact) mass is 420 g/mol. The zero-order valence-corrected chi connectivity index (χ0v) is 17.5. The number of carbonyl (C=O) groups is 3. The first kappa shape index (κ1) is 21.0. The van der Waals surface area contributed by atoms with Crippen LogP contribution in [0.5, 0.6) is 0 Å². The first-order valence-electron chi connectivity index (χ1n) is 9.28. The minimum atomic E-state index is -1.03. The number of nitrogens with zero attached hydrogens (tertiary/aromatic N) is 3. The molecule has 1 fully saturated rings. The molecule has 1 aliphatic rings. The third-order valence-corrected chi connectivity index (χ3v) is 5.78. The molecule has 2 aromatic heterocycles. The predicted octanol–water partition coefficient (Wildman–Crippen LogP) is 2.59. The molecule has 1 N–H and O–H groups in total. The second-order valence-electron chi connectivity index (χ2n) is 6.97. The van der Waals surface area contributed by atoms with Gasteiger partial charge in [0.25, 0.3) is 5.91 Å². The maximum Gasteiger partial charge on any atom is 0.330 e. The van der Waals surface area contributed by atoms with Gasteiger partial charge in [0.2, 0.25) is 5.91 Å². The van der Waals surface area contributed by atoms with E-state index in [4.69, 9.17) is 9.15 Å². The number of hydrogen-bond donors (Lipinski definition) is 1. The molecule has 0 aromatic carbocycles. The number of rotatable bonds is 6. The third kappa shape index (κ3) is 4.47. The Bertz CT molecular complexity index is 879. The van der Waals surface area contributed by atoms with Crippen molar-refractivity contribution in [3.8, 4) is 0 Å². The number of thioether (sulfide) groups is 1. The van der Waals surface area contributed by atoms with Crippen molar-refractivity contribution in [1.82, 2.24) is 14.7 Å². The number of furan rings is 1. The summed E-state index contributed by atoms with van der Waals surface area (Å²) in [6.07, 6.45) is 2.08. The van der Waals surface area contributed by atoms with Crippen LogP contribution in [0.2, 0.25) is 0 Å². The first-order valence-corrected chi connectivity index (χ1v) is 10.3. The largest absolute Gasteiger partial charge is 0.466 e. The van der Waals surface area contributed by atoms with E-state index in [9.17, 15) is 14.4 Å². The highest BCUT2D eigenvalue weighted by Crippen LogP contribution is 2.41. The van der Waals surface area contributed by atoms with Crippen LogP contribution in [0.3, 0.4) is 0 Å². The average molecular weight is 420 g/mol. The second kappa shape index (κ2) is 8.73. The lowest BCUT2D eigenvalue weighted by Gasteiger charge is -2.26. The Kier molecular flexibility index (Phi) is 6.31. The van der Waals surface area contributed by atoms with Gasteiger partial charge in [-0.25, -0.2) is 9.48 Å². The number of amides is 2. The molecule has 0 aliphatic carbocycles. The van der Waals surface area contributed by atoms with Gasteiger partial charge in [-0.3, -0.25) is 9.59 Å². The molecule has 3 heterocycles. The molecule has 3 atom stereocenters. The summed E-state index contributed by atoms with van der Waals surface area (Å²) in [5, 5.41) is 6.47. The Hall–Kier alpha value is -2.75. The van der Waals surface area contributed by atoms with Gasteiger partial charge in [0, 0.05) is 24.8 Å². The fourth-order valence-electron chi connectivity index (χ4n) is 3.08. The number of ether oxygens (including phenoxy) is 1. The molecule has 0 saturated carbocycles. The number of hydrogen-bond acceptors (Lipinski definition) is 7. The summed E-state index contributed by atoms with van der Waals surface area (Å²) in [6.45, 7) is 6.77. The lowest BCUT2D eigenvalue weighted by Crippen LogP contribution is -2.44. The van der Waals surface area contributed by atoms with Crippen LogP contribution in [-0.2, 0) is 19.1 Å². The van der Waals surface area contributed by atoms with E-state index in [0.29, 0.717) is 17.3 Å². The van der Waals surface area contributed by atoms with Gasteiger partial charge in [-0.05, 0) is 32.9 Å². The van der Waals surface area contributed by atoms with Gasteiger partial charge in [-0.2, -0.15) is 5.10 Å². The van der Waals surface area contributed by atoms with Crippen LogP contribution in [0.15, 0.2) is 35.1 Å². The summed E-state index contributed by atoms with van der Waals surface area (Å²) in [4.78, 5) is 38.8. The molecule has 3 rings (SSSR count). The summed E-state index contributed by atoms with van der Waals surface area (Å²) in [6, 6.07) is 4.44. The van der Waals surface area contributed by atoms with E-state index in [-0.39, 0.29) is 11.9 Å². The Labute approximate surface area is 172 Å². The standard InChI is InChI=1S/C19H24N4O5S/c1-11(2)23-16(7-8-20-23)21-17(25)12(3)28-19(26)14-10-29-18(22(14)13(4)24)15-6-5-9-27-15/h5-9,11-12,14,18H,10H2,1-4H3,(H,21,25)/t12-,14-,18-/m1/s1. The van der Waals surface area contributed by atoms with Crippen molar-refractivity contribution in [1.29, 1.82) is 0 Å². The van der Waals surface area contributed by atoms with Crippen molar-refractivity contribution >= 4 is 35.4 Å². The average Bonchev–Trinajstić information content (AvgIpc) is 3.40. The van der Waals surface area contributed by atoms with Crippen LogP contribution in [0.1, 0.15) is 44.9 Å². The van der Waals surface area contributed by atoms with Gasteiger partial charge in [0.1, 0.15) is 23.0 Å². The molecule has 0 spiro atoms. The Balaban J connectivity index is 1.65. The summed E-state index contributed by atoms with van der Waals surface area (Å²) >= 11 is 1.42. The minimum Gasteiger partial charge on any atom is -0.466 e. The smallest absolute Gasteiger partial charge is 0.330 e.